The van der Waals surface area contributed by atoms with Crippen molar-refractivity contribution in [2.45, 2.75) is 44.7 Å². The molecule has 0 fully saturated rings. The van der Waals surface area contributed by atoms with E-state index in [0.717, 1.165) is 41.0 Å². The van der Waals surface area contributed by atoms with Gasteiger partial charge in [0.15, 0.2) is 16.6 Å². The van der Waals surface area contributed by atoms with Crippen molar-refractivity contribution in [2.75, 3.05) is 5.75 Å². The summed E-state index contributed by atoms with van der Waals surface area (Å²) in [6.07, 6.45) is 5.41. The van der Waals surface area contributed by atoms with Crippen LogP contribution in [0.5, 0.6) is 0 Å². The molecule has 32 heavy (non-hydrogen) atoms. The molecule has 4 heterocycles. The third-order valence-corrected chi connectivity index (χ3v) is 7.62. The highest BCUT2D eigenvalue weighted by Gasteiger charge is 2.25. The number of hydrazine groups is 1. The van der Waals surface area contributed by atoms with E-state index in [1.807, 2.05) is 4.40 Å². The number of furan rings is 1. The summed E-state index contributed by atoms with van der Waals surface area (Å²) in [6, 6.07) is 3.12. The molecule has 0 aromatic carbocycles. The van der Waals surface area contributed by atoms with Gasteiger partial charge in [-0.25, -0.2) is 4.98 Å². The zero-order valence-corrected chi connectivity index (χ0v) is 19.3. The van der Waals surface area contributed by atoms with Crippen LogP contribution in [0, 0.1) is 5.92 Å². The maximum absolute atomic E-state index is 12.2. The Morgan fingerprint density at radius 1 is 1.34 bits per heavy atom. The third-order valence-electron chi connectivity index (χ3n) is 5.55. The number of hydrogen-bond acceptors (Lipinski definition) is 8. The average Bonchev–Trinajstić information content (AvgIpc) is 3.53. The largest absolute Gasteiger partial charge is 0.459 e. The Balaban J connectivity index is 1.37. The van der Waals surface area contributed by atoms with Crippen molar-refractivity contribution in [3.63, 3.8) is 0 Å². The number of carbonyl (C=O) groups is 2. The van der Waals surface area contributed by atoms with E-state index in [1.54, 1.807) is 17.4 Å². The van der Waals surface area contributed by atoms with Crippen molar-refractivity contribution < 1.29 is 14.0 Å². The molecule has 166 valence electrons. The van der Waals surface area contributed by atoms with Crippen LogP contribution in [0.15, 0.2) is 28.0 Å². The standard InChI is InChI=1S/C21H22N6O3S2/c1-3-15-22-20-17(12-7-6-11(2)9-14(12)32-20)18-24-26-21(27(15)18)31-10-16(28)23-25-19(29)13-5-4-8-30-13/h4-5,8,11H,3,6-7,9-10H2,1-2H3,(H,23,28)(H,25,29)/t11-/m1/s1. The Labute approximate surface area is 192 Å². The Hall–Kier alpha value is -2.92. The number of nitrogens with one attached hydrogen (secondary N) is 2. The first-order chi connectivity index (χ1) is 15.5. The van der Waals surface area contributed by atoms with Gasteiger partial charge in [-0.15, -0.1) is 21.5 Å². The van der Waals surface area contributed by atoms with Crippen molar-refractivity contribution >= 4 is 50.8 Å². The van der Waals surface area contributed by atoms with E-state index in [9.17, 15) is 9.59 Å². The number of aromatic nitrogens is 4. The van der Waals surface area contributed by atoms with Crippen LogP contribution in [0.25, 0.3) is 15.9 Å². The number of hydrogen-bond donors (Lipinski definition) is 2. The van der Waals surface area contributed by atoms with Gasteiger partial charge >= 0.3 is 5.91 Å². The van der Waals surface area contributed by atoms with E-state index in [-0.39, 0.29) is 17.4 Å². The summed E-state index contributed by atoms with van der Waals surface area (Å²) >= 11 is 3.03. The van der Waals surface area contributed by atoms with Gasteiger partial charge in [-0.05, 0) is 42.9 Å². The first-order valence-electron chi connectivity index (χ1n) is 10.5. The minimum atomic E-state index is -0.516. The fourth-order valence-corrected chi connectivity index (χ4v) is 6.12. The third kappa shape index (κ3) is 3.75. The van der Waals surface area contributed by atoms with Gasteiger partial charge in [0.05, 0.1) is 17.4 Å². The summed E-state index contributed by atoms with van der Waals surface area (Å²) in [7, 11) is 0. The molecular formula is C21H22N6O3S2. The highest BCUT2D eigenvalue weighted by atomic mass is 32.2. The Morgan fingerprint density at radius 3 is 3.00 bits per heavy atom. The normalized spacial score (nSPS) is 15.8. The molecule has 0 bridgehead atoms. The number of carbonyl (C=O) groups excluding carboxylic acids is 2. The van der Waals surface area contributed by atoms with Crippen LogP contribution in [0.2, 0.25) is 0 Å². The minimum Gasteiger partial charge on any atom is -0.459 e. The molecule has 0 spiro atoms. The summed E-state index contributed by atoms with van der Waals surface area (Å²) in [4.78, 5) is 31.5. The Kier molecular flexibility index (Phi) is 5.60. The Bertz CT molecular complexity index is 1310. The summed E-state index contributed by atoms with van der Waals surface area (Å²) in [5.74, 6) is 0.877. The van der Waals surface area contributed by atoms with Gasteiger partial charge in [0, 0.05) is 11.3 Å². The first kappa shape index (κ1) is 21.0. The van der Waals surface area contributed by atoms with Crippen LogP contribution in [0.1, 0.15) is 47.1 Å². The quantitative estimate of drug-likeness (QED) is 0.340. The second-order valence-electron chi connectivity index (χ2n) is 7.82. The van der Waals surface area contributed by atoms with Crippen LogP contribution in [-0.4, -0.2) is 37.1 Å². The van der Waals surface area contributed by atoms with Crippen LogP contribution < -0.4 is 10.9 Å². The van der Waals surface area contributed by atoms with Crippen LogP contribution in [-0.2, 0) is 24.1 Å². The molecular weight excluding hydrogens is 448 g/mol. The van der Waals surface area contributed by atoms with E-state index < -0.39 is 5.91 Å². The molecule has 0 saturated carbocycles. The van der Waals surface area contributed by atoms with Crippen LogP contribution in [0.4, 0.5) is 0 Å². The highest BCUT2D eigenvalue weighted by molar-refractivity contribution is 7.99. The average molecular weight is 471 g/mol. The maximum Gasteiger partial charge on any atom is 0.305 e. The molecule has 5 rings (SSSR count). The number of aryl methyl sites for hydroxylation is 2. The molecule has 0 aliphatic heterocycles. The van der Waals surface area contributed by atoms with Gasteiger partial charge in [-0.1, -0.05) is 25.6 Å². The maximum atomic E-state index is 12.2. The predicted molar refractivity (Wildman–Crippen MR) is 122 cm³/mol. The molecule has 4 aromatic heterocycles. The van der Waals surface area contributed by atoms with Gasteiger partial charge in [-0.2, -0.15) is 0 Å². The molecule has 1 aliphatic rings. The van der Waals surface area contributed by atoms with Crippen molar-refractivity contribution in [1.82, 2.24) is 30.4 Å². The van der Waals surface area contributed by atoms with Crippen LogP contribution in [0.3, 0.4) is 0 Å². The summed E-state index contributed by atoms with van der Waals surface area (Å²) < 4.78 is 6.96. The van der Waals surface area contributed by atoms with Crippen molar-refractivity contribution in [1.29, 1.82) is 0 Å². The lowest BCUT2D eigenvalue weighted by molar-refractivity contribution is -0.119. The molecule has 4 aromatic rings. The van der Waals surface area contributed by atoms with Crippen molar-refractivity contribution in [3.8, 4) is 0 Å². The van der Waals surface area contributed by atoms with E-state index in [1.165, 1.54) is 41.0 Å². The van der Waals surface area contributed by atoms with Gasteiger partial charge in [0.25, 0.3) is 0 Å². The number of rotatable bonds is 5. The lowest BCUT2D eigenvalue weighted by Gasteiger charge is -2.17. The van der Waals surface area contributed by atoms with Gasteiger partial charge < -0.3 is 4.42 Å². The molecule has 1 atom stereocenters. The van der Waals surface area contributed by atoms with Gasteiger partial charge in [0.2, 0.25) is 5.91 Å². The van der Waals surface area contributed by atoms with Crippen molar-refractivity contribution in [2.24, 2.45) is 5.92 Å². The van der Waals surface area contributed by atoms with Crippen LogP contribution >= 0.6 is 23.1 Å². The number of thiophene rings is 1. The number of fused-ring (bicyclic) bond motifs is 5. The van der Waals surface area contributed by atoms with E-state index in [2.05, 4.69) is 34.9 Å². The zero-order chi connectivity index (χ0) is 22.2. The fraction of sp³-hybridized carbons (Fsp3) is 0.381. The highest BCUT2D eigenvalue weighted by Crippen LogP contribution is 2.39. The van der Waals surface area contributed by atoms with Gasteiger partial charge in [-0.3, -0.25) is 24.8 Å². The lowest BCUT2D eigenvalue weighted by atomic mass is 9.89. The molecule has 9 nitrogen and oxygen atoms in total. The van der Waals surface area contributed by atoms with E-state index in [4.69, 9.17) is 9.40 Å². The molecule has 2 amide bonds. The molecule has 0 saturated heterocycles. The fourth-order valence-electron chi connectivity index (χ4n) is 3.97. The molecule has 11 heteroatoms. The second-order valence-corrected chi connectivity index (χ2v) is 9.85. The summed E-state index contributed by atoms with van der Waals surface area (Å²) in [5.41, 5.74) is 6.89. The minimum absolute atomic E-state index is 0.0691. The first-order valence-corrected chi connectivity index (χ1v) is 12.3. The second kappa shape index (κ2) is 8.55. The molecule has 2 N–H and O–H groups in total. The van der Waals surface area contributed by atoms with E-state index in [0.29, 0.717) is 11.1 Å². The predicted octanol–water partition coefficient (Wildman–Crippen LogP) is 3.17. The monoisotopic (exact) mass is 470 g/mol. The topological polar surface area (TPSA) is 114 Å². The number of thioether (sulfide) groups is 1. The zero-order valence-electron chi connectivity index (χ0n) is 17.7. The lowest BCUT2D eigenvalue weighted by Crippen LogP contribution is -2.42. The van der Waals surface area contributed by atoms with Gasteiger partial charge in [0.1, 0.15) is 10.7 Å². The van der Waals surface area contributed by atoms with Crippen molar-refractivity contribution in [3.05, 3.63) is 40.4 Å². The Morgan fingerprint density at radius 2 is 2.22 bits per heavy atom. The summed E-state index contributed by atoms with van der Waals surface area (Å²) in [6.45, 7) is 4.34. The summed E-state index contributed by atoms with van der Waals surface area (Å²) in [5, 5.41) is 10.6. The van der Waals surface area contributed by atoms with E-state index >= 15 is 0 Å². The number of amides is 2. The molecule has 0 radical (unpaired) electrons. The molecule has 1 aliphatic carbocycles. The SMILES string of the molecule is CCc1nc2sc3c(c2c2nnc(SCC(=O)NNC(=O)c4ccco4)n12)CC[C@@H](C)C3. The number of nitrogens with zero attached hydrogens (tertiary/aromatic N) is 4. The molecule has 0 unspecified atom stereocenters. The smallest absolute Gasteiger partial charge is 0.305 e.